The Labute approximate surface area is 116 Å². The predicted octanol–water partition coefficient (Wildman–Crippen LogP) is 1.39. The Balaban J connectivity index is 2.22. The van der Waals surface area contributed by atoms with E-state index in [9.17, 15) is 8.42 Å². The number of aromatic nitrogens is 2. The maximum Gasteiger partial charge on any atom is 0.264 e. The van der Waals surface area contributed by atoms with Gasteiger partial charge in [0.05, 0.1) is 0 Å². The number of hydrogen-bond donors (Lipinski definition) is 2. The van der Waals surface area contributed by atoms with E-state index in [1.54, 1.807) is 35.4 Å². The van der Waals surface area contributed by atoms with Crippen LogP contribution in [0.15, 0.2) is 28.6 Å². The number of sulfonamides is 1. The largest absolute Gasteiger partial charge is 0.312 e. The average molecular weight is 300 g/mol. The molecule has 0 aliphatic heterocycles. The Morgan fingerprint density at radius 3 is 2.84 bits per heavy atom. The molecule has 0 amide bonds. The van der Waals surface area contributed by atoms with Gasteiger partial charge in [0.2, 0.25) is 0 Å². The Bertz CT molecular complexity index is 645. The van der Waals surface area contributed by atoms with E-state index in [-0.39, 0.29) is 0 Å². The first-order chi connectivity index (χ1) is 9.03. The summed E-state index contributed by atoms with van der Waals surface area (Å²) in [6.45, 7) is 3.33. The number of anilines is 1. The minimum absolute atomic E-state index is 0.309. The van der Waals surface area contributed by atoms with Crippen LogP contribution >= 0.6 is 11.3 Å². The molecule has 19 heavy (non-hydrogen) atoms. The van der Waals surface area contributed by atoms with Gasteiger partial charge in [-0.1, -0.05) is 6.92 Å². The molecule has 0 aliphatic rings. The van der Waals surface area contributed by atoms with Crippen molar-refractivity contribution in [3.8, 4) is 0 Å². The molecule has 2 heterocycles. The molecule has 104 valence electrons. The minimum Gasteiger partial charge on any atom is -0.312 e. The third-order valence-electron chi connectivity index (χ3n) is 2.48. The highest BCUT2D eigenvalue weighted by atomic mass is 32.2. The molecule has 0 fully saturated rings. The molecule has 0 atom stereocenters. The molecule has 0 unspecified atom stereocenters. The van der Waals surface area contributed by atoms with Crippen LogP contribution in [-0.2, 0) is 23.6 Å². The third-order valence-corrected chi connectivity index (χ3v) is 4.97. The van der Waals surface area contributed by atoms with Crippen molar-refractivity contribution in [1.82, 2.24) is 15.1 Å². The number of hydrogen-bond acceptors (Lipinski definition) is 5. The number of thiophene rings is 1. The van der Waals surface area contributed by atoms with E-state index in [1.807, 2.05) is 6.92 Å². The average Bonchev–Trinajstić information content (AvgIpc) is 2.95. The lowest BCUT2D eigenvalue weighted by Gasteiger charge is -2.07. The van der Waals surface area contributed by atoms with Crippen molar-refractivity contribution in [2.75, 3.05) is 11.3 Å². The SMILES string of the molecule is CCNCc1sccc1S(=O)(=O)Nc1ccn(C)n1. The molecule has 0 spiro atoms. The van der Waals surface area contributed by atoms with Crippen molar-refractivity contribution in [3.05, 3.63) is 28.6 Å². The standard InChI is InChI=1S/C11H16N4O2S2/c1-3-12-8-9-10(5-7-18-9)19(16,17)14-11-4-6-15(2)13-11/h4-7,12H,3,8H2,1-2H3,(H,13,14). The molecular formula is C11H16N4O2S2. The van der Waals surface area contributed by atoms with E-state index in [0.717, 1.165) is 11.4 Å². The van der Waals surface area contributed by atoms with E-state index < -0.39 is 10.0 Å². The molecule has 6 nitrogen and oxygen atoms in total. The molecule has 0 aliphatic carbocycles. The van der Waals surface area contributed by atoms with Crippen molar-refractivity contribution >= 4 is 27.2 Å². The van der Waals surface area contributed by atoms with Gasteiger partial charge in [-0.15, -0.1) is 11.3 Å². The normalized spacial score (nSPS) is 11.7. The highest BCUT2D eigenvalue weighted by Crippen LogP contribution is 2.23. The summed E-state index contributed by atoms with van der Waals surface area (Å²) in [6.07, 6.45) is 1.69. The molecule has 0 radical (unpaired) electrons. The lowest BCUT2D eigenvalue weighted by Crippen LogP contribution is -2.17. The monoisotopic (exact) mass is 300 g/mol. The molecule has 2 N–H and O–H groups in total. The van der Waals surface area contributed by atoms with Gasteiger partial charge in [-0.2, -0.15) is 5.10 Å². The third kappa shape index (κ3) is 3.34. The highest BCUT2D eigenvalue weighted by Gasteiger charge is 2.20. The lowest BCUT2D eigenvalue weighted by atomic mass is 10.4. The summed E-state index contributed by atoms with van der Waals surface area (Å²) in [7, 11) is -1.84. The van der Waals surface area contributed by atoms with E-state index in [2.05, 4.69) is 15.1 Å². The molecule has 0 bridgehead atoms. The lowest BCUT2D eigenvalue weighted by molar-refractivity contribution is 0.599. The first-order valence-electron chi connectivity index (χ1n) is 5.82. The second-order valence-corrected chi connectivity index (χ2v) is 6.62. The molecule has 2 aromatic rings. The highest BCUT2D eigenvalue weighted by molar-refractivity contribution is 7.92. The van der Waals surface area contributed by atoms with Gasteiger partial charge in [-0.05, 0) is 18.0 Å². The zero-order valence-electron chi connectivity index (χ0n) is 10.8. The van der Waals surface area contributed by atoms with Crippen LogP contribution in [0.1, 0.15) is 11.8 Å². The van der Waals surface area contributed by atoms with Gasteiger partial charge in [0.1, 0.15) is 4.90 Å². The van der Waals surface area contributed by atoms with Crippen LogP contribution < -0.4 is 10.0 Å². The topological polar surface area (TPSA) is 76.0 Å². The fraction of sp³-hybridized carbons (Fsp3) is 0.364. The summed E-state index contributed by atoms with van der Waals surface area (Å²) >= 11 is 1.42. The van der Waals surface area contributed by atoms with Crippen molar-refractivity contribution in [3.63, 3.8) is 0 Å². The van der Waals surface area contributed by atoms with Gasteiger partial charge >= 0.3 is 0 Å². The Kier molecular flexibility index (Phi) is 4.23. The molecule has 0 saturated heterocycles. The fourth-order valence-corrected chi connectivity index (χ4v) is 4.01. The van der Waals surface area contributed by atoms with Crippen LogP contribution in [0.5, 0.6) is 0 Å². The first kappa shape index (κ1) is 14.0. The first-order valence-corrected chi connectivity index (χ1v) is 8.19. The molecule has 8 heteroatoms. The second kappa shape index (κ2) is 5.72. The Morgan fingerprint density at radius 2 is 2.21 bits per heavy atom. The zero-order valence-corrected chi connectivity index (χ0v) is 12.4. The predicted molar refractivity (Wildman–Crippen MR) is 75.7 cm³/mol. The van der Waals surface area contributed by atoms with Crippen LogP contribution in [0.3, 0.4) is 0 Å². The Hall–Kier alpha value is -1.38. The van der Waals surface area contributed by atoms with Gasteiger partial charge in [-0.25, -0.2) is 8.42 Å². The molecular weight excluding hydrogens is 284 g/mol. The van der Waals surface area contributed by atoms with Crippen molar-refractivity contribution in [1.29, 1.82) is 0 Å². The van der Waals surface area contributed by atoms with Crippen molar-refractivity contribution in [2.45, 2.75) is 18.4 Å². The summed E-state index contributed by atoms with van der Waals surface area (Å²) in [6, 6.07) is 3.23. The van der Waals surface area contributed by atoms with Crippen molar-refractivity contribution in [2.24, 2.45) is 7.05 Å². The number of nitrogens with zero attached hydrogens (tertiary/aromatic N) is 2. The van der Waals surface area contributed by atoms with E-state index in [0.29, 0.717) is 17.3 Å². The van der Waals surface area contributed by atoms with Crippen LogP contribution in [0.4, 0.5) is 5.82 Å². The van der Waals surface area contributed by atoms with Crippen LogP contribution in [-0.4, -0.2) is 24.7 Å². The quantitative estimate of drug-likeness (QED) is 0.845. The summed E-state index contributed by atoms with van der Waals surface area (Å²) in [4.78, 5) is 1.11. The van der Waals surface area contributed by atoms with Crippen LogP contribution in [0.25, 0.3) is 0 Å². The van der Waals surface area contributed by atoms with E-state index in [1.165, 1.54) is 11.3 Å². The summed E-state index contributed by atoms with van der Waals surface area (Å²) in [5.74, 6) is 0.322. The maximum atomic E-state index is 12.3. The number of nitrogens with one attached hydrogen (secondary N) is 2. The van der Waals surface area contributed by atoms with Gasteiger partial charge in [0, 0.05) is 30.7 Å². The Morgan fingerprint density at radius 1 is 1.42 bits per heavy atom. The molecule has 2 aromatic heterocycles. The number of aryl methyl sites for hydroxylation is 1. The maximum absolute atomic E-state index is 12.3. The summed E-state index contributed by atoms with van der Waals surface area (Å²) in [5, 5.41) is 8.92. The summed E-state index contributed by atoms with van der Waals surface area (Å²) in [5.41, 5.74) is 0. The van der Waals surface area contributed by atoms with Gasteiger partial charge in [-0.3, -0.25) is 9.40 Å². The van der Waals surface area contributed by atoms with E-state index in [4.69, 9.17) is 0 Å². The smallest absolute Gasteiger partial charge is 0.264 e. The van der Waals surface area contributed by atoms with Gasteiger partial charge < -0.3 is 5.32 Å². The van der Waals surface area contributed by atoms with Crippen LogP contribution in [0, 0.1) is 0 Å². The molecule has 0 aromatic carbocycles. The fourth-order valence-electron chi connectivity index (χ4n) is 1.60. The van der Waals surface area contributed by atoms with Gasteiger partial charge in [0.15, 0.2) is 5.82 Å². The zero-order chi connectivity index (χ0) is 13.9. The van der Waals surface area contributed by atoms with E-state index >= 15 is 0 Å². The number of rotatable bonds is 6. The molecule has 0 saturated carbocycles. The van der Waals surface area contributed by atoms with Crippen molar-refractivity contribution < 1.29 is 8.42 Å². The molecule has 2 rings (SSSR count). The van der Waals surface area contributed by atoms with Gasteiger partial charge in [0.25, 0.3) is 10.0 Å². The minimum atomic E-state index is -3.57. The summed E-state index contributed by atoms with van der Waals surface area (Å²) < 4.78 is 28.6. The van der Waals surface area contributed by atoms with Crippen LogP contribution in [0.2, 0.25) is 0 Å². The second-order valence-electron chi connectivity index (χ2n) is 3.97.